The number of aromatic nitrogens is 1. The summed E-state index contributed by atoms with van der Waals surface area (Å²) in [7, 11) is -1.90. The van der Waals surface area contributed by atoms with E-state index in [0.717, 1.165) is 16.8 Å². The van der Waals surface area contributed by atoms with E-state index < -0.39 is 10.0 Å². The summed E-state index contributed by atoms with van der Waals surface area (Å²) in [5, 5.41) is 0. The second-order valence-corrected chi connectivity index (χ2v) is 11.1. The van der Waals surface area contributed by atoms with Gasteiger partial charge in [0.05, 0.1) is 11.4 Å². The number of likely N-dealkylation sites (N-methyl/N-ethyl adjacent to an activating group) is 1. The number of anilines is 1. The number of hydrogen-bond donors (Lipinski definition) is 0. The zero-order valence-corrected chi connectivity index (χ0v) is 21.8. The molecule has 0 radical (unpaired) electrons. The average molecular weight is 521 g/mol. The van der Waals surface area contributed by atoms with Crippen LogP contribution in [0.4, 0.5) is 5.69 Å². The van der Waals surface area contributed by atoms with Crippen LogP contribution < -0.4 is 4.90 Å². The molecule has 1 aromatic heterocycles. The Hall–Kier alpha value is -3.40. The smallest absolute Gasteiger partial charge is 0.243 e. The fraction of sp³-hybridized carbons (Fsp3) is 0.321. The molecule has 0 N–H and O–H groups in total. The molecular formula is C28H32N4O4S. The van der Waals surface area contributed by atoms with Gasteiger partial charge in [-0.25, -0.2) is 8.42 Å². The molecule has 1 saturated heterocycles. The molecule has 2 aromatic carbocycles. The highest BCUT2D eigenvalue weighted by atomic mass is 32.2. The summed E-state index contributed by atoms with van der Waals surface area (Å²) in [6, 6.07) is 19.8. The third kappa shape index (κ3) is 7.09. The topological polar surface area (TPSA) is 90.9 Å². The number of piperazine rings is 1. The number of carbonyl (C=O) groups excluding carboxylic acids is 2. The van der Waals surface area contributed by atoms with Crippen molar-refractivity contribution < 1.29 is 18.0 Å². The molecule has 1 fully saturated rings. The molecule has 0 saturated carbocycles. The number of para-hydroxylation sites is 1. The summed E-state index contributed by atoms with van der Waals surface area (Å²) in [6.07, 6.45) is 4.78. The molecule has 194 valence electrons. The van der Waals surface area contributed by atoms with Crippen molar-refractivity contribution in [2.75, 3.05) is 44.7 Å². The quantitative estimate of drug-likeness (QED) is 0.408. The van der Waals surface area contributed by atoms with Crippen LogP contribution in [0.5, 0.6) is 0 Å². The third-order valence-corrected chi connectivity index (χ3v) is 8.50. The molecule has 1 aliphatic heterocycles. The minimum atomic E-state index is -3.65. The summed E-state index contributed by atoms with van der Waals surface area (Å²) in [4.78, 5) is 32.9. The molecule has 4 rings (SSSR count). The van der Waals surface area contributed by atoms with Crippen molar-refractivity contribution in [2.45, 2.75) is 24.2 Å². The fourth-order valence-electron chi connectivity index (χ4n) is 4.30. The van der Waals surface area contributed by atoms with E-state index in [2.05, 4.69) is 4.98 Å². The van der Waals surface area contributed by atoms with Gasteiger partial charge < -0.3 is 4.90 Å². The second-order valence-electron chi connectivity index (χ2n) is 9.19. The van der Waals surface area contributed by atoms with Crippen molar-refractivity contribution in [1.29, 1.82) is 0 Å². The van der Waals surface area contributed by atoms with Gasteiger partial charge in [-0.3, -0.25) is 19.5 Å². The minimum absolute atomic E-state index is 0.0342. The largest absolute Gasteiger partial charge is 0.314 e. The lowest BCUT2D eigenvalue weighted by molar-refractivity contribution is -0.120. The lowest BCUT2D eigenvalue weighted by Crippen LogP contribution is -2.51. The zero-order valence-electron chi connectivity index (χ0n) is 21.0. The molecule has 0 bridgehead atoms. The molecular weight excluding hydrogens is 488 g/mol. The number of ketones is 1. The van der Waals surface area contributed by atoms with Crippen LogP contribution in [-0.4, -0.2) is 74.1 Å². The lowest BCUT2D eigenvalue weighted by atomic mass is 10.0. The van der Waals surface area contributed by atoms with Crippen LogP contribution >= 0.6 is 0 Å². The average Bonchev–Trinajstić information content (AvgIpc) is 2.93. The summed E-state index contributed by atoms with van der Waals surface area (Å²) in [5.41, 5.74) is 2.64. The van der Waals surface area contributed by atoms with Gasteiger partial charge in [0, 0.05) is 64.1 Å². The number of pyridine rings is 1. The van der Waals surface area contributed by atoms with Crippen molar-refractivity contribution in [3.8, 4) is 0 Å². The molecule has 1 aliphatic rings. The first-order chi connectivity index (χ1) is 17.8. The molecule has 37 heavy (non-hydrogen) atoms. The maximum absolute atomic E-state index is 13.2. The molecule has 0 spiro atoms. The van der Waals surface area contributed by atoms with E-state index >= 15 is 0 Å². The Morgan fingerprint density at radius 2 is 1.59 bits per heavy atom. The Balaban J connectivity index is 1.26. The molecule has 9 heteroatoms. The van der Waals surface area contributed by atoms with Crippen molar-refractivity contribution in [2.24, 2.45) is 0 Å². The van der Waals surface area contributed by atoms with E-state index in [4.69, 9.17) is 0 Å². The van der Waals surface area contributed by atoms with E-state index in [9.17, 15) is 18.0 Å². The van der Waals surface area contributed by atoms with Gasteiger partial charge in [0.25, 0.3) is 0 Å². The predicted molar refractivity (Wildman–Crippen MR) is 143 cm³/mol. The number of carbonyl (C=O) groups is 2. The lowest BCUT2D eigenvalue weighted by Gasteiger charge is -2.34. The van der Waals surface area contributed by atoms with Gasteiger partial charge in [0.2, 0.25) is 15.9 Å². The van der Waals surface area contributed by atoms with Crippen molar-refractivity contribution in [1.82, 2.24) is 14.2 Å². The Bertz CT molecular complexity index is 1290. The normalized spacial score (nSPS) is 14.8. The van der Waals surface area contributed by atoms with Crippen molar-refractivity contribution in [3.63, 3.8) is 0 Å². The van der Waals surface area contributed by atoms with Crippen molar-refractivity contribution in [3.05, 3.63) is 90.3 Å². The molecule has 2 heterocycles. The number of amides is 1. The number of rotatable bonds is 10. The molecule has 0 unspecified atom stereocenters. The van der Waals surface area contributed by atoms with Gasteiger partial charge >= 0.3 is 0 Å². The number of Topliss-reactive ketones (excluding diaryl/α,β-unsaturated/α-hetero) is 1. The van der Waals surface area contributed by atoms with Crippen LogP contribution in [0.15, 0.2) is 84.0 Å². The number of sulfonamides is 1. The maximum Gasteiger partial charge on any atom is 0.243 e. The molecule has 3 aromatic rings. The highest BCUT2D eigenvalue weighted by Crippen LogP contribution is 2.19. The number of nitrogens with zero attached hydrogens (tertiary/aromatic N) is 4. The van der Waals surface area contributed by atoms with E-state index in [-0.39, 0.29) is 29.6 Å². The SMILES string of the molecule is CN(C(=O)CN1CCN(S(=O)(=O)c2ccc(CC(=O)CCc3cccnc3)cc2)CC1)c1ccccc1. The third-order valence-electron chi connectivity index (χ3n) is 6.59. The first-order valence-electron chi connectivity index (χ1n) is 12.4. The number of aryl methyl sites for hydroxylation is 1. The Kier molecular flexibility index (Phi) is 8.81. The summed E-state index contributed by atoms with van der Waals surface area (Å²) < 4.78 is 27.8. The Morgan fingerprint density at radius 3 is 2.24 bits per heavy atom. The first kappa shape index (κ1) is 26.7. The molecule has 0 atom stereocenters. The summed E-state index contributed by atoms with van der Waals surface area (Å²) in [6.45, 7) is 1.84. The number of hydrogen-bond acceptors (Lipinski definition) is 6. The summed E-state index contributed by atoms with van der Waals surface area (Å²) >= 11 is 0. The molecule has 0 aliphatic carbocycles. The molecule has 1 amide bonds. The summed E-state index contributed by atoms with van der Waals surface area (Å²) in [5.74, 6) is 0.0658. The van der Waals surface area contributed by atoms with Gasteiger partial charge in [-0.15, -0.1) is 0 Å². The van der Waals surface area contributed by atoms with Crippen LogP contribution in [0.25, 0.3) is 0 Å². The predicted octanol–water partition coefficient (Wildman–Crippen LogP) is 2.80. The van der Waals surface area contributed by atoms with Gasteiger partial charge in [-0.1, -0.05) is 36.4 Å². The van der Waals surface area contributed by atoms with Crippen LogP contribution in [0.3, 0.4) is 0 Å². The zero-order chi connectivity index (χ0) is 26.3. The minimum Gasteiger partial charge on any atom is -0.314 e. The first-order valence-corrected chi connectivity index (χ1v) is 13.8. The standard InChI is InChI=1S/C28H32N4O4S/c1-30(25-7-3-2-4-8-25)28(34)22-31-16-18-32(19-17-31)37(35,36)27-13-10-23(11-14-27)20-26(33)12-9-24-6-5-15-29-21-24/h2-8,10-11,13-15,21H,9,12,16-20,22H2,1H3. The number of benzene rings is 2. The van der Waals surface area contributed by atoms with Crippen LogP contribution in [0, 0.1) is 0 Å². The molecule has 8 nitrogen and oxygen atoms in total. The fourth-order valence-corrected chi connectivity index (χ4v) is 5.72. The van der Waals surface area contributed by atoms with Crippen LogP contribution in [-0.2, 0) is 32.5 Å². The Morgan fingerprint density at radius 1 is 0.892 bits per heavy atom. The van der Waals surface area contributed by atoms with Gasteiger partial charge in [-0.2, -0.15) is 4.31 Å². The van der Waals surface area contributed by atoms with E-state index in [0.29, 0.717) is 39.0 Å². The van der Waals surface area contributed by atoms with Crippen molar-refractivity contribution >= 4 is 27.4 Å². The van der Waals surface area contributed by atoms with Gasteiger partial charge in [-0.05, 0) is 47.9 Å². The highest BCUT2D eigenvalue weighted by Gasteiger charge is 2.29. The second kappa shape index (κ2) is 12.2. The van der Waals surface area contributed by atoms with Gasteiger partial charge in [0.1, 0.15) is 5.78 Å². The van der Waals surface area contributed by atoms with Gasteiger partial charge in [0.15, 0.2) is 0 Å². The van der Waals surface area contributed by atoms with E-state index in [1.807, 2.05) is 47.4 Å². The highest BCUT2D eigenvalue weighted by molar-refractivity contribution is 7.89. The monoisotopic (exact) mass is 520 g/mol. The van der Waals surface area contributed by atoms with E-state index in [1.54, 1.807) is 48.6 Å². The van der Waals surface area contributed by atoms with E-state index in [1.165, 1.54) is 4.31 Å². The maximum atomic E-state index is 13.2. The Labute approximate surface area is 218 Å². The van der Waals surface area contributed by atoms with Crippen LogP contribution in [0.1, 0.15) is 17.5 Å². The van der Waals surface area contributed by atoms with Crippen LogP contribution in [0.2, 0.25) is 0 Å².